The van der Waals surface area contributed by atoms with Crippen molar-refractivity contribution in [1.29, 1.82) is 0 Å². The first-order valence-electron chi connectivity index (χ1n) is 15.8. The summed E-state index contributed by atoms with van der Waals surface area (Å²) < 4.78 is 81.1. The van der Waals surface area contributed by atoms with Crippen LogP contribution >= 0.6 is 11.5 Å². The van der Waals surface area contributed by atoms with Crippen molar-refractivity contribution in [3.63, 3.8) is 0 Å². The Kier molecular flexibility index (Phi) is 10.9. The number of halogens is 2. The summed E-state index contributed by atoms with van der Waals surface area (Å²) in [6.07, 6.45) is 0.591. The molecular formula is C35H40F2N4O7S2. The molecule has 3 aromatic carbocycles. The van der Waals surface area contributed by atoms with Gasteiger partial charge in [0.05, 0.1) is 27.4 Å². The number of hydrogen-bond acceptors (Lipinski definition) is 9. The van der Waals surface area contributed by atoms with Crippen LogP contribution in [0.4, 0.5) is 18.7 Å². The van der Waals surface area contributed by atoms with Crippen LogP contribution in [0.2, 0.25) is 0 Å². The van der Waals surface area contributed by atoms with Gasteiger partial charge in [0.25, 0.3) is 10.0 Å². The molecule has 1 saturated heterocycles. The van der Waals surface area contributed by atoms with Crippen LogP contribution in [0.25, 0.3) is 0 Å². The Labute approximate surface area is 294 Å². The van der Waals surface area contributed by atoms with E-state index in [-0.39, 0.29) is 24.2 Å². The molecule has 3 atom stereocenters. The molecule has 5 rings (SSSR count). The van der Waals surface area contributed by atoms with E-state index in [1.54, 1.807) is 18.2 Å². The third-order valence-corrected chi connectivity index (χ3v) is 11.5. The number of piperidine rings is 1. The van der Waals surface area contributed by atoms with Gasteiger partial charge >= 0.3 is 6.09 Å². The number of nitrogens with zero attached hydrogens (tertiary/aromatic N) is 4. The van der Waals surface area contributed by atoms with Crippen molar-refractivity contribution < 1.29 is 41.3 Å². The molecule has 15 heteroatoms. The number of hydrogen-bond donors (Lipinski definition) is 1. The number of aryl methyl sites for hydroxylation is 1. The highest BCUT2D eigenvalue weighted by Crippen LogP contribution is 2.44. The summed E-state index contributed by atoms with van der Waals surface area (Å²) in [6, 6.07) is 13.5. The highest BCUT2D eigenvalue weighted by Gasteiger charge is 2.47. The zero-order chi connectivity index (χ0) is 36.4. The van der Waals surface area contributed by atoms with Gasteiger partial charge in [-0.2, -0.15) is 4.37 Å². The zero-order valence-electron chi connectivity index (χ0n) is 28.6. The minimum absolute atomic E-state index is 0.0707. The number of anilines is 1. The summed E-state index contributed by atoms with van der Waals surface area (Å²) in [5.74, 6) is -2.64. The molecule has 268 valence electrons. The van der Waals surface area contributed by atoms with Gasteiger partial charge in [0.2, 0.25) is 5.13 Å². The molecule has 0 bridgehead atoms. The Hall–Kier alpha value is -4.50. The normalized spacial score (nSPS) is 18.1. The lowest BCUT2D eigenvalue weighted by Crippen LogP contribution is -2.57. The highest BCUT2D eigenvalue weighted by atomic mass is 32.2. The first-order chi connectivity index (χ1) is 23.6. The van der Waals surface area contributed by atoms with Crippen LogP contribution in [0.3, 0.4) is 0 Å². The monoisotopic (exact) mass is 730 g/mol. The zero-order valence-corrected chi connectivity index (χ0v) is 30.2. The molecular weight excluding hydrogens is 691 g/mol. The van der Waals surface area contributed by atoms with Gasteiger partial charge < -0.3 is 24.2 Å². The fraction of sp³-hybridized carbons (Fsp3) is 0.400. The van der Waals surface area contributed by atoms with Crippen molar-refractivity contribution in [1.82, 2.24) is 14.3 Å². The van der Waals surface area contributed by atoms with Crippen LogP contribution < -0.4 is 18.5 Å². The minimum atomic E-state index is -4.75. The number of benzene rings is 3. The van der Waals surface area contributed by atoms with Gasteiger partial charge in [-0.15, -0.1) is 0 Å². The molecule has 50 heavy (non-hydrogen) atoms. The standard InChI is InChI=1S/C35H40F2N4O7S2/c1-21-7-9-22(10-8-21)25-13-14-40(34(42)43)32(35(2,3)4)26(25)19-48-30-16-28(37)31(17-27(30)36)50(44,45)41(33-38-20-39-49-33)18-23-11-12-24(46-5)15-29(23)47-6/h7-12,15-17,20,25-26,32H,13-14,18-19H2,1-6H3,(H,42,43). The number of methoxy groups -OCH3 is 2. The third-order valence-electron chi connectivity index (χ3n) is 8.93. The van der Waals surface area contributed by atoms with Gasteiger partial charge in [0, 0.05) is 53.8 Å². The van der Waals surface area contributed by atoms with Gasteiger partial charge in [-0.25, -0.2) is 31.3 Å². The van der Waals surface area contributed by atoms with Crippen LogP contribution in [0.15, 0.2) is 65.8 Å². The van der Waals surface area contributed by atoms with Crippen LogP contribution in [-0.4, -0.2) is 67.3 Å². The van der Waals surface area contributed by atoms with Crippen molar-refractivity contribution in [3.8, 4) is 17.2 Å². The summed E-state index contributed by atoms with van der Waals surface area (Å²) in [7, 11) is -1.86. The van der Waals surface area contributed by atoms with E-state index in [9.17, 15) is 18.3 Å². The smallest absolute Gasteiger partial charge is 0.407 e. The van der Waals surface area contributed by atoms with Gasteiger partial charge in [-0.3, -0.25) is 0 Å². The van der Waals surface area contributed by atoms with E-state index in [2.05, 4.69) is 9.36 Å². The topological polar surface area (TPSA) is 131 Å². The molecule has 3 unspecified atom stereocenters. The number of likely N-dealkylation sites (tertiary alicyclic amines) is 1. The predicted molar refractivity (Wildman–Crippen MR) is 185 cm³/mol. The lowest BCUT2D eigenvalue weighted by Gasteiger charge is -2.50. The fourth-order valence-electron chi connectivity index (χ4n) is 6.63. The maximum Gasteiger partial charge on any atom is 0.407 e. The summed E-state index contributed by atoms with van der Waals surface area (Å²) in [5, 5.41) is 10.0. The first-order valence-corrected chi connectivity index (χ1v) is 18.0. The van der Waals surface area contributed by atoms with Crippen molar-refractivity contribution in [2.24, 2.45) is 11.3 Å². The van der Waals surface area contributed by atoms with Crippen molar-refractivity contribution in [2.45, 2.75) is 57.5 Å². The Balaban J connectivity index is 1.48. The number of carboxylic acid groups (broad SMARTS) is 1. The molecule has 1 aromatic heterocycles. The minimum Gasteiger partial charge on any atom is -0.497 e. The van der Waals surface area contributed by atoms with E-state index in [4.69, 9.17) is 14.2 Å². The molecule has 1 N–H and O–H groups in total. The van der Waals surface area contributed by atoms with Crippen LogP contribution in [0, 0.1) is 29.9 Å². The number of carbonyl (C=O) groups is 1. The average molecular weight is 731 g/mol. The highest BCUT2D eigenvalue weighted by molar-refractivity contribution is 7.93. The van der Waals surface area contributed by atoms with Crippen LogP contribution in [0.5, 0.6) is 17.2 Å². The van der Waals surface area contributed by atoms with Gasteiger partial charge in [0.1, 0.15) is 28.5 Å². The predicted octanol–water partition coefficient (Wildman–Crippen LogP) is 7.11. The number of aromatic nitrogens is 2. The molecule has 0 radical (unpaired) electrons. The maximum atomic E-state index is 15.9. The third kappa shape index (κ3) is 7.63. The van der Waals surface area contributed by atoms with Crippen molar-refractivity contribution in [3.05, 3.63) is 89.2 Å². The molecule has 0 saturated carbocycles. The van der Waals surface area contributed by atoms with E-state index < -0.39 is 55.8 Å². The lowest BCUT2D eigenvalue weighted by molar-refractivity contribution is -0.00494. The van der Waals surface area contributed by atoms with E-state index in [0.29, 0.717) is 42.2 Å². The van der Waals surface area contributed by atoms with Crippen molar-refractivity contribution >= 4 is 32.8 Å². The van der Waals surface area contributed by atoms with Crippen LogP contribution in [0.1, 0.15) is 49.8 Å². The Morgan fingerprint density at radius 2 is 1.76 bits per heavy atom. The Bertz CT molecular complexity index is 1920. The quantitative estimate of drug-likeness (QED) is 0.172. The average Bonchev–Trinajstić information content (AvgIpc) is 3.61. The fourth-order valence-corrected chi connectivity index (χ4v) is 8.82. The van der Waals surface area contributed by atoms with Gasteiger partial charge in [-0.05, 0) is 42.4 Å². The summed E-state index contributed by atoms with van der Waals surface area (Å²) >= 11 is 0.767. The molecule has 1 aliphatic heterocycles. The summed E-state index contributed by atoms with van der Waals surface area (Å²) in [4.78, 5) is 16.9. The number of sulfonamides is 1. The van der Waals surface area contributed by atoms with Gasteiger partial charge in [-0.1, -0.05) is 50.6 Å². The van der Waals surface area contributed by atoms with Crippen molar-refractivity contribution in [2.75, 3.05) is 31.7 Å². The van der Waals surface area contributed by atoms with Crippen LogP contribution in [-0.2, 0) is 16.6 Å². The molecule has 11 nitrogen and oxygen atoms in total. The molecule has 1 amide bonds. The second-order valence-electron chi connectivity index (χ2n) is 13.2. The molecule has 0 spiro atoms. The first kappa shape index (κ1) is 36.8. The molecule has 2 heterocycles. The largest absolute Gasteiger partial charge is 0.497 e. The molecule has 1 aliphatic rings. The summed E-state index contributed by atoms with van der Waals surface area (Å²) in [6.45, 7) is 7.59. The van der Waals surface area contributed by atoms with E-state index in [1.807, 2.05) is 52.0 Å². The van der Waals surface area contributed by atoms with Gasteiger partial charge in [0.15, 0.2) is 11.6 Å². The number of amides is 1. The maximum absolute atomic E-state index is 15.9. The molecule has 0 aliphatic carbocycles. The SMILES string of the molecule is COc1ccc(CN(c2ncns2)S(=O)(=O)c2cc(F)c(OCC3C(c4ccc(C)cc4)CCN(C(=O)O)C3C(C)(C)C)cc2F)c(OC)c1. The Morgan fingerprint density at radius 3 is 2.36 bits per heavy atom. The second-order valence-corrected chi connectivity index (χ2v) is 15.8. The van der Waals surface area contributed by atoms with E-state index in [0.717, 1.165) is 33.3 Å². The summed E-state index contributed by atoms with van der Waals surface area (Å²) in [5.41, 5.74) is 1.93. The Morgan fingerprint density at radius 1 is 1.04 bits per heavy atom. The number of rotatable bonds is 11. The number of ether oxygens (including phenoxy) is 3. The van der Waals surface area contributed by atoms with E-state index >= 15 is 8.78 Å². The molecule has 4 aromatic rings. The lowest BCUT2D eigenvalue weighted by atomic mass is 9.68. The molecule has 1 fully saturated rings. The second kappa shape index (κ2) is 14.8. The van der Waals surface area contributed by atoms with E-state index in [1.165, 1.54) is 19.1 Å².